The maximum atomic E-state index is 11.3. The van der Waals surface area contributed by atoms with Crippen molar-refractivity contribution >= 4 is 22.0 Å². The Morgan fingerprint density at radius 2 is 2.00 bits per heavy atom. The molecule has 2 amide bonds. The van der Waals surface area contributed by atoms with Gasteiger partial charge >= 0.3 is 12.0 Å². The van der Waals surface area contributed by atoms with Crippen LogP contribution in [0.3, 0.4) is 0 Å². The number of amides is 2. The molecule has 0 unspecified atom stereocenters. The van der Waals surface area contributed by atoms with Gasteiger partial charge in [-0.2, -0.15) is 0 Å². The van der Waals surface area contributed by atoms with Crippen LogP contribution < -0.4 is 15.8 Å². The van der Waals surface area contributed by atoms with Gasteiger partial charge in [0.15, 0.2) is 0 Å². The first-order valence-corrected chi connectivity index (χ1v) is 7.25. The Morgan fingerprint density at radius 1 is 1.39 bits per heavy atom. The second-order valence-corrected chi connectivity index (χ2v) is 5.53. The van der Waals surface area contributed by atoms with E-state index in [9.17, 15) is 18.0 Å². The summed E-state index contributed by atoms with van der Waals surface area (Å²) in [7, 11) is -3.53. The Labute approximate surface area is 106 Å². The lowest BCUT2D eigenvalue weighted by molar-refractivity contribution is -0.139. The molecule has 0 heterocycles. The number of carboxylic acids is 1. The van der Waals surface area contributed by atoms with Crippen LogP contribution >= 0.6 is 0 Å². The fourth-order valence-electron chi connectivity index (χ4n) is 1.23. The first-order chi connectivity index (χ1) is 8.26. The molecule has 8 nitrogen and oxygen atoms in total. The van der Waals surface area contributed by atoms with E-state index in [0.29, 0.717) is 12.8 Å². The number of rotatable bonds is 8. The number of carbonyl (C=O) groups is 2. The van der Waals surface area contributed by atoms with Gasteiger partial charge in [0.05, 0.1) is 5.75 Å². The van der Waals surface area contributed by atoms with Gasteiger partial charge in [0.2, 0.25) is 10.0 Å². The molecule has 0 aliphatic heterocycles. The predicted molar refractivity (Wildman–Crippen MR) is 65.5 cm³/mol. The van der Waals surface area contributed by atoms with Crippen LogP contribution in [0.2, 0.25) is 0 Å². The summed E-state index contributed by atoms with van der Waals surface area (Å²) in [4.78, 5) is 22.0. The minimum absolute atomic E-state index is 0.112. The van der Waals surface area contributed by atoms with Gasteiger partial charge in [-0.15, -0.1) is 0 Å². The van der Waals surface area contributed by atoms with Crippen LogP contribution in [0.5, 0.6) is 0 Å². The molecule has 0 rings (SSSR count). The van der Waals surface area contributed by atoms with Crippen molar-refractivity contribution in [2.75, 3.05) is 12.3 Å². The summed E-state index contributed by atoms with van der Waals surface area (Å²) in [6.07, 6.45) is 1.14. The van der Waals surface area contributed by atoms with Crippen molar-refractivity contribution in [1.29, 1.82) is 0 Å². The van der Waals surface area contributed by atoms with Crippen molar-refractivity contribution in [2.24, 2.45) is 5.14 Å². The third-order valence-corrected chi connectivity index (χ3v) is 2.93. The molecule has 0 aliphatic rings. The summed E-state index contributed by atoms with van der Waals surface area (Å²) in [5.41, 5.74) is 0. The Kier molecular flexibility index (Phi) is 7.29. The van der Waals surface area contributed by atoms with Gasteiger partial charge in [-0.25, -0.2) is 23.1 Å². The standard InChI is InChI=1S/C9H19N3O5S/c1-2-4-7(8(13)14)12-9(15)11-5-3-6-18(10,16)17/h7H,2-6H2,1H3,(H,13,14)(H2,10,16,17)(H2,11,12,15)/t7-/m1/s1. The molecule has 0 aromatic carbocycles. The molecule has 0 aromatic rings. The molecule has 0 spiro atoms. The van der Waals surface area contributed by atoms with Crippen LogP contribution in [-0.4, -0.2) is 43.9 Å². The molecule has 0 saturated heterocycles. The maximum Gasteiger partial charge on any atom is 0.326 e. The first kappa shape index (κ1) is 16.6. The Morgan fingerprint density at radius 3 is 2.44 bits per heavy atom. The lowest BCUT2D eigenvalue weighted by Gasteiger charge is -2.14. The maximum absolute atomic E-state index is 11.3. The van der Waals surface area contributed by atoms with Crippen LogP contribution in [-0.2, 0) is 14.8 Å². The first-order valence-electron chi connectivity index (χ1n) is 5.54. The normalized spacial score (nSPS) is 12.8. The smallest absolute Gasteiger partial charge is 0.326 e. The molecule has 0 fully saturated rings. The van der Waals surface area contributed by atoms with Crippen molar-refractivity contribution in [3.8, 4) is 0 Å². The second kappa shape index (κ2) is 7.88. The molecule has 9 heteroatoms. The lowest BCUT2D eigenvalue weighted by atomic mass is 10.2. The zero-order chi connectivity index (χ0) is 14.2. The van der Waals surface area contributed by atoms with Crippen molar-refractivity contribution < 1.29 is 23.1 Å². The summed E-state index contributed by atoms with van der Waals surface area (Å²) >= 11 is 0. The van der Waals surface area contributed by atoms with E-state index in [1.165, 1.54) is 0 Å². The number of urea groups is 1. The molecule has 106 valence electrons. The summed E-state index contributed by atoms with van der Waals surface area (Å²) in [5.74, 6) is -1.33. The average molecular weight is 281 g/mol. The number of sulfonamides is 1. The quantitative estimate of drug-likeness (QED) is 0.432. The van der Waals surface area contributed by atoms with E-state index in [0.717, 1.165) is 0 Å². The van der Waals surface area contributed by atoms with Crippen LogP contribution in [0.15, 0.2) is 0 Å². The number of aliphatic carboxylic acids is 1. The van der Waals surface area contributed by atoms with Gasteiger partial charge in [-0.3, -0.25) is 0 Å². The Bertz CT molecular complexity index is 382. The largest absolute Gasteiger partial charge is 0.480 e. The molecule has 0 aromatic heterocycles. The number of nitrogens with one attached hydrogen (secondary N) is 2. The number of hydrogen-bond donors (Lipinski definition) is 4. The second-order valence-electron chi connectivity index (χ2n) is 3.80. The summed E-state index contributed by atoms with van der Waals surface area (Å²) in [5, 5.41) is 18.2. The molecular formula is C9H19N3O5S. The third-order valence-electron chi connectivity index (χ3n) is 2.07. The molecule has 0 saturated carbocycles. The number of nitrogens with two attached hydrogens (primary N) is 1. The molecule has 0 bridgehead atoms. The van der Waals surface area contributed by atoms with Gasteiger partial charge in [-0.1, -0.05) is 13.3 Å². The van der Waals surface area contributed by atoms with Gasteiger partial charge in [0.25, 0.3) is 0 Å². The van der Waals surface area contributed by atoms with E-state index in [4.69, 9.17) is 10.2 Å². The van der Waals surface area contributed by atoms with Crippen molar-refractivity contribution in [1.82, 2.24) is 10.6 Å². The van der Waals surface area contributed by atoms with E-state index < -0.39 is 28.1 Å². The van der Waals surface area contributed by atoms with E-state index in [-0.39, 0.29) is 18.7 Å². The monoisotopic (exact) mass is 281 g/mol. The highest BCUT2D eigenvalue weighted by atomic mass is 32.2. The van der Waals surface area contributed by atoms with Gasteiger partial charge in [-0.05, 0) is 12.8 Å². The SMILES string of the molecule is CCC[C@@H](NC(=O)NCCCS(N)(=O)=O)C(=O)O. The number of hydrogen-bond acceptors (Lipinski definition) is 4. The van der Waals surface area contributed by atoms with Crippen molar-refractivity contribution in [3.05, 3.63) is 0 Å². The van der Waals surface area contributed by atoms with Crippen molar-refractivity contribution in [2.45, 2.75) is 32.2 Å². The van der Waals surface area contributed by atoms with Crippen molar-refractivity contribution in [3.63, 3.8) is 0 Å². The highest BCUT2D eigenvalue weighted by Crippen LogP contribution is 1.96. The fourth-order valence-corrected chi connectivity index (χ4v) is 1.78. The van der Waals surface area contributed by atoms with Gasteiger partial charge in [0, 0.05) is 6.54 Å². The van der Waals surface area contributed by atoms with Crippen LogP contribution in [0.4, 0.5) is 4.79 Å². The van der Waals surface area contributed by atoms with E-state index in [1.807, 2.05) is 6.92 Å². The highest BCUT2D eigenvalue weighted by Gasteiger charge is 2.18. The lowest BCUT2D eigenvalue weighted by Crippen LogP contribution is -2.46. The molecule has 5 N–H and O–H groups in total. The van der Waals surface area contributed by atoms with Crippen LogP contribution in [0, 0.1) is 0 Å². The summed E-state index contributed by atoms with van der Waals surface area (Å²) < 4.78 is 21.2. The zero-order valence-electron chi connectivity index (χ0n) is 10.2. The number of primary sulfonamides is 1. The van der Waals surface area contributed by atoms with Gasteiger partial charge in [0.1, 0.15) is 6.04 Å². The van der Waals surface area contributed by atoms with E-state index in [1.54, 1.807) is 0 Å². The van der Waals surface area contributed by atoms with E-state index >= 15 is 0 Å². The highest BCUT2D eigenvalue weighted by molar-refractivity contribution is 7.89. The third kappa shape index (κ3) is 8.76. The minimum Gasteiger partial charge on any atom is -0.480 e. The van der Waals surface area contributed by atoms with Crippen LogP contribution in [0.1, 0.15) is 26.2 Å². The average Bonchev–Trinajstić information content (AvgIpc) is 2.22. The molecule has 0 aliphatic carbocycles. The molecule has 18 heavy (non-hydrogen) atoms. The molecule has 0 radical (unpaired) electrons. The number of carboxylic acid groups (broad SMARTS) is 1. The zero-order valence-corrected chi connectivity index (χ0v) is 11.0. The van der Waals surface area contributed by atoms with Crippen LogP contribution in [0.25, 0.3) is 0 Å². The number of carbonyl (C=O) groups excluding carboxylic acids is 1. The molecular weight excluding hydrogens is 262 g/mol. The van der Waals surface area contributed by atoms with E-state index in [2.05, 4.69) is 10.6 Å². The topological polar surface area (TPSA) is 139 Å². The predicted octanol–water partition coefficient (Wildman–Crippen LogP) is -0.782. The fraction of sp³-hybridized carbons (Fsp3) is 0.778. The Hall–Kier alpha value is -1.35. The summed E-state index contributed by atoms with van der Waals surface area (Å²) in [6, 6.07) is -1.57. The Balaban J connectivity index is 3.92. The van der Waals surface area contributed by atoms with Gasteiger partial charge < -0.3 is 15.7 Å². The minimum atomic E-state index is -3.53. The summed E-state index contributed by atoms with van der Waals surface area (Å²) in [6.45, 7) is 1.92. The molecule has 1 atom stereocenters.